The summed E-state index contributed by atoms with van der Waals surface area (Å²) in [7, 11) is 0. The smallest absolute Gasteiger partial charge is 0.120 e. The normalized spacial score (nSPS) is 20.2. The summed E-state index contributed by atoms with van der Waals surface area (Å²) in [6.07, 6.45) is 2.57. The van der Waals surface area contributed by atoms with Gasteiger partial charge in [-0.15, -0.1) is 0 Å². The lowest BCUT2D eigenvalue weighted by molar-refractivity contribution is 0.443. The number of furan rings is 1. The topological polar surface area (TPSA) is 39.2 Å². The van der Waals surface area contributed by atoms with Crippen LogP contribution in [-0.2, 0) is 0 Å². The van der Waals surface area contributed by atoms with E-state index < -0.39 is 0 Å². The van der Waals surface area contributed by atoms with Gasteiger partial charge in [-0.3, -0.25) is 0 Å². The molecule has 2 nitrogen and oxygen atoms in total. The maximum atomic E-state index is 5.65. The molecular weight excluding hydrogens is 138 g/mol. The third-order valence-electron chi connectivity index (χ3n) is 2.08. The lowest BCUT2D eigenvalue weighted by atomic mass is 10.3. The molecule has 1 aliphatic carbocycles. The predicted octanol–water partition coefficient (Wildman–Crippen LogP) is 2.18. The molecule has 1 atom stereocenters. The molecule has 0 spiro atoms. The number of rotatable bonds is 2. The van der Waals surface area contributed by atoms with E-state index in [0.29, 0.717) is 5.92 Å². The molecule has 2 N–H and O–H groups in total. The maximum Gasteiger partial charge on any atom is 0.120 e. The first-order valence-electron chi connectivity index (χ1n) is 4.12. The molecule has 11 heavy (non-hydrogen) atoms. The van der Waals surface area contributed by atoms with Gasteiger partial charge in [0.2, 0.25) is 0 Å². The predicted molar refractivity (Wildman–Crippen MR) is 43.3 cm³/mol. The Balaban J connectivity index is 2.18. The van der Waals surface area contributed by atoms with E-state index in [9.17, 15) is 0 Å². The number of hydrogen-bond donors (Lipinski definition) is 1. The van der Waals surface area contributed by atoms with Crippen LogP contribution in [0.1, 0.15) is 43.2 Å². The first-order chi connectivity index (χ1) is 5.27. The number of hydrogen-bond acceptors (Lipinski definition) is 2. The fourth-order valence-corrected chi connectivity index (χ4v) is 1.20. The van der Waals surface area contributed by atoms with Crippen LogP contribution in [0.5, 0.6) is 0 Å². The summed E-state index contributed by atoms with van der Waals surface area (Å²) in [5, 5.41) is 0. The van der Waals surface area contributed by atoms with Gasteiger partial charge in [-0.2, -0.15) is 0 Å². The molecule has 1 saturated carbocycles. The monoisotopic (exact) mass is 151 g/mol. The zero-order chi connectivity index (χ0) is 7.84. The van der Waals surface area contributed by atoms with Crippen LogP contribution in [0, 0.1) is 0 Å². The van der Waals surface area contributed by atoms with Gasteiger partial charge < -0.3 is 10.2 Å². The molecule has 1 fully saturated rings. The summed E-state index contributed by atoms with van der Waals surface area (Å²) in [5.74, 6) is 2.73. The van der Waals surface area contributed by atoms with Crippen molar-refractivity contribution in [2.45, 2.75) is 31.7 Å². The first kappa shape index (κ1) is 6.92. The molecule has 1 aromatic rings. The average Bonchev–Trinajstić information content (AvgIpc) is 2.68. The average molecular weight is 151 g/mol. The molecule has 0 unspecified atom stereocenters. The highest BCUT2D eigenvalue weighted by Gasteiger charge is 2.26. The first-order valence-corrected chi connectivity index (χ1v) is 4.12. The van der Waals surface area contributed by atoms with Crippen LogP contribution in [0.2, 0.25) is 0 Å². The Morgan fingerprint density at radius 3 is 2.73 bits per heavy atom. The van der Waals surface area contributed by atoms with Crippen molar-refractivity contribution < 1.29 is 4.42 Å². The molecule has 0 bridgehead atoms. The van der Waals surface area contributed by atoms with Gasteiger partial charge in [-0.1, -0.05) is 0 Å². The van der Waals surface area contributed by atoms with Crippen LogP contribution in [0.15, 0.2) is 16.5 Å². The quantitative estimate of drug-likeness (QED) is 0.703. The van der Waals surface area contributed by atoms with Crippen molar-refractivity contribution in [3.05, 3.63) is 23.7 Å². The van der Waals surface area contributed by atoms with E-state index in [1.54, 1.807) is 0 Å². The van der Waals surface area contributed by atoms with Gasteiger partial charge in [0, 0.05) is 5.92 Å². The highest BCUT2D eigenvalue weighted by atomic mass is 16.3. The second-order valence-electron chi connectivity index (χ2n) is 3.30. The molecule has 1 heterocycles. The lowest BCUT2D eigenvalue weighted by Gasteiger charge is -1.98. The van der Waals surface area contributed by atoms with Crippen LogP contribution < -0.4 is 5.73 Å². The molecule has 0 aromatic carbocycles. The van der Waals surface area contributed by atoms with Crippen molar-refractivity contribution in [2.24, 2.45) is 5.73 Å². The molecule has 0 radical (unpaired) electrons. The Bertz CT molecular complexity index is 231. The lowest BCUT2D eigenvalue weighted by Crippen LogP contribution is -2.02. The summed E-state index contributed by atoms with van der Waals surface area (Å²) >= 11 is 0. The highest BCUT2D eigenvalue weighted by molar-refractivity contribution is 5.16. The van der Waals surface area contributed by atoms with Gasteiger partial charge in [0.25, 0.3) is 0 Å². The second kappa shape index (κ2) is 2.38. The third-order valence-corrected chi connectivity index (χ3v) is 2.08. The Labute approximate surface area is 66.4 Å². The fourth-order valence-electron chi connectivity index (χ4n) is 1.20. The molecule has 60 valence electrons. The molecule has 2 rings (SSSR count). The minimum atomic E-state index is 0.0301. The van der Waals surface area contributed by atoms with Gasteiger partial charge in [-0.05, 0) is 31.9 Å². The largest absolute Gasteiger partial charge is 0.464 e. The van der Waals surface area contributed by atoms with Crippen molar-refractivity contribution in [2.75, 3.05) is 0 Å². The van der Waals surface area contributed by atoms with Crippen molar-refractivity contribution in [3.8, 4) is 0 Å². The molecule has 0 saturated heterocycles. The summed E-state index contributed by atoms with van der Waals surface area (Å²) in [5.41, 5.74) is 5.65. The Morgan fingerprint density at radius 1 is 1.55 bits per heavy atom. The molecule has 2 heteroatoms. The van der Waals surface area contributed by atoms with Gasteiger partial charge in [0.05, 0.1) is 6.04 Å². The van der Waals surface area contributed by atoms with Crippen molar-refractivity contribution >= 4 is 0 Å². The van der Waals surface area contributed by atoms with Crippen LogP contribution in [0.25, 0.3) is 0 Å². The van der Waals surface area contributed by atoms with E-state index in [2.05, 4.69) is 6.07 Å². The maximum absolute atomic E-state index is 5.65. The summed E-state index contributed by atoms with van der Waals surface area (Å²) in [4.78, 5) is 0. The Morgan fingerprint density at radius 2 is 2.27 bits per heavy atom. The number of nitrogens with two attached hydrogens (primary N) is 1. The zero-order valence-corrected chi connectivity index (χ0v) is 6.71. The van der Waals surface area contributed by atoms with Crippen molar-refractivity contribution in [1.82, 2.24) is 0 Å². The van der Waals surface area contributed by atoms with Crippen molar-refractivity contribution in [1.29, 1.82) is 0 Å². The van der Waals surface area contributed by atoms with E-state index >= 15 is 0 Å². The molecule has 0 aliphatic heterocycles. The Hall–Kier alpha value is -0.760. The van der Waals surface area contributed by atoms with Crippen LogP contribution in [-0.4, -0.2) is 0 Å². The van der Waals surface area contributed by atoms with Crippen LogP contribution >= 0.6 is 0 Å². The third kappa shape index (κ3) is 1.31. The van der Waals surface area contributed by atoms with Gasteiger partial charge in [0.15, 0.2) is 0 Å². The molecular formula is C9H13NO. The van der Waals surface area contributed by atoms with E-state index in [4.69, 9.17) is 10.2 Å². The van der Waals surface area contributed by atoms with Crippen LogP contribution in [0.4, 0.5) is 0 Å². The summed E-state index contributed by atoms with van der Waals surface area (Å²) in [6.45, 7) is 1.94. The molecule has 0 amide bonds. The van der Waals surface area contributed by atoms with E-state index in [-0.39, 0.29) is 6.04 Å². The fraction of sp³-hybridized carbons (Fsp3) is 0.556. The summed E-state index contributed by atoms with van der Waals surface area (Å²) < 4.78 is 5.54. The SMILES string of the molecule is C[C@H](N)c1ccc(C2CC2)o1. The van der Waals surface area contributed by atoms with E-state index in [1.807, 2.05) is 13.0 Å². The molecule has 1 aliphatic rings. The highest BCUT2D eigenvalue weighted by Crippen LogP contribution is 2.41. The van der Waals surface area contributed by atoms with Gasteiger partial charge >= 0.3 is 0 Å². The van der Waals surface area contributed by atoms with Gasteiger partial charge in [0.1, 0.15) is 11.5 Å². The standard InChI is InChI=1S/C9H13NO/c1-6(10)8-4-5-9(11-8)7-2-3-7/h4-7H,2-3,10H2,1H3/t6-/m0/s1. The second-order valence-corrected chi connectivity index (χ2v) is 3.30. The van der Waals surface area contributed by atoms with E-state index in [0.717, 1.165) is 11.5 Å². The minimum Gasteiger partial charge on any atom is -0.464 e. The van der Waals surface area contributed by atoms with Crippen molar-refractivity contribution in [3.63, 3.8) is 0 Å². The molecule has 1 aromatic heterocycles. The van der Waals surface area contributed by atoms with Gasteiger partial charge in [-0.25, -0.2) is 0 Å². The van der Waals surface area contributed by atoms with E-state index in [1.165, 1.54) is 12.8 Å². The van der Waals surface area contributed by atoms with Crippen LogP contribution in [0.3, 0.4) is 0 Å². The minimum absolute atomic E-state index is 0.0301. The Kier molecular flexibility index (Phi) is 1.50. The summed E-state index contributed by atoms with van der Waals surface area (Å²) in [6, 6.07) is 4.07. The zero-order valence-electron chi connectivity index (χ0n) is 6.71.